The fourth-order valence-electron chi connectivity index (χ4n) is 4.06. The normalized spacial score (nSPS) is 22.9. The van der Waals surface area contributed by atoms with Crippen molar-refractivity contribution in [3.8, 4) is 0 Å². The minimum atomic E-state index is 0.0223. The summed E-state index contributed by atoms with van der Waals surface area (Å²) < 4.78 is 5.30. The minimum absolute atomic E-state index is 0.0223. The monoisotopic (exact) mass is 369 g/mol. The SMILES string of the molecule is Cc1noc(C2CCCN(C(=O)NCC3CCN(c4ccccc4)C3)C2)n1. The number of hydrogen-bond acceptors (Lipinski definition) is 5. The lowest BCUT2D eigenvalue weighted by Gasteiger charge is -2.31. The number of urea groups is 1. The van der Waals surface area contributed by atoms with Gasteiger partial charge >= 0.3 is 6.03 Å². The highest BCUT2D eigenvalue weighted by molar-refractivity contribution is 5.74. The van der Waals surface area contributed by atoms with E-state index >= 15 is 0 Å². The Morgan fingerprint density at radius 1 is 1.22 bits per heavy atom. The lowest BCUT2D eigenvalue weighted by Crippen LogP contribution is -2.46. The Kier molecular flexibility index (Phi) is 5.27. The number of nitrogens with one attached hydrogen (secondary N) is 1. The molecule has 2 aliphatic rings. The van der Waals surface area contributed by atoms with Crippen molar-refractivity contribution in [1.82, 2.24) is 20.4 Å². The molecular weight excluding hydrogens is 342 g/mol. The van der Waals surface area contributed by atoms with Crippen molar-refractivity contribution < 1.29 is 9.32 Å². The van der Waals surface area contributed by atoms with E-state index in [9.17, 15) is 4.79 Å². The number of carbonyl (C=O) groups is 1. The quantitative estimate of drug-likeness (QED) is 0.897. The first-order chi connectivity index (χ1) is 13.2. The highest BCUT2D eigenvalue weighted by Crippen LogP contribution is 2.26. The number of anilines is 1. The second-order valence-electron chi connectivity index (χ2n) is 7.59. The summed E-state index contributed by atoms with van der Waals surface area (Å²) in [5, 5.41) is 7.01. The van der Waals surface area contributed by atoms with Crippen LogP contribution in [0.4, 0.5) is 10.5 Å². The molecule has 2 unspecified atom stereocenters. The Morgan fingerprint density at radius 2 is 2.07 bits per heavy atom. The first-order valence-corrected chi connectivity index (χ1v) is 9.82. The molecule has 2 fully saturated rings. The molecule has 1 aromatic carbocycles. The van der Waals surface area contributed by atoms with E-state index < -0.39 is 0 Å². The van der Waals surface area contributed by atoms with Crippen LogP contribution in [-0.2, 0) is 0 Å². The Bertz CT molecular complexity index is 763. The molecular formula is C20H27N5O2. The summed E-state index contributed by atoms with van der Waals surface area (Å²) in [5.41, 5.74) is 1.26. The van der Waals surface area contributed by atoms with Crippen molar-refractivity contribution in [2.45, 2.75) is 32.1 Å². The molecule has 3 heterocycles. The Hall–Kier alpha value is -2.57. The smallest absolute Gasteiger partial charge is 0.317 e. The second kappa shape index (κ2) is 7.98. The van der Waals surface area contributed by atoms with E-state index in [4.69, 9.17) is 4.52 Å². The number of rotatable bonds is 4. The standard InChI is InChI=1S/C20H27N5O2/c1-15-22-19(27-23-15)17-6-5-10-25(14-17)20(26)21-12-16-9-11-24(13-16)18-7-3-2-4-8-18/h2-4,7-8,16-17H,5-6,9-14H2,1H3,(H,21,26). The van der Waals surface area contributed by atoms with Gasteiger partial charge in [0.25, 0.3) is 0 Å². The molecule has 1 N–H and O–H groups in total. The summed E-state index contributed by atoms with van der Waals surface area (Å²) >= 11 is 0. The van der Waals surface area contributed by atoms with Crippen molar-refractivity contribution >= 4 is 11.7 Å². The number of benzene rings is 1. The number of likely N-dealkylation sites (tertiary alicyclic amines) is 1. The summed E-state index contributed by atoms with van der Waals surface area (Å²) in [5.74, 6) is 1.94. The van der Waals surface area contributed by atoms with Gasteiger partial charge in [-0.2, -0.15) is 4.98 Å². The third-order valence-corrected chi connectivity index (χ3v) is 5.55. The largest absolute Gasteiger partial charge is 0.371 e. The molecule has 7 nitrogen and oxygen atoms in total. The lowest BCUT2D eigenvalue weighted by molar-refractivity contribution is 0.171. The molecule has 0 aliphatic carbocycles. The molecule has 27 heavy (non-hydrogen) atoms. The van der Waals surface area contributed by atoms with Gasteiger partial charge in [-0.15, -0.1) is 0 Å². The van der Waals surface area contributed by atoms with E-state index in [1.165, 1.54) is 5.69 Å². The van der Waals surface area contributed by atoms with Crippen LogP contribution in [0.5, 0.6) is 0 Å². The summed E-state index contributed by atoms with van der Waals surface area (Å²) in [4.78, 5) is 21.2. The lowest BCUT2D eigenvalue weighted by atomic mass is 9.98. The van der Waals surface area contributed by atoms with Crippen molar-refractivity contribution in [2.24, 2.45) is 5.92 Å². The topological polar surface area (TPSA) is 74.5 Å². The van der Waals surface area contributed by atoms with Gasteiger partial charge in [0.05, 0.1) is 5.92 Å². The molecule has 0 radical (unpaired) electrons. The van der Waals surface area contributed by atoms with Gasteiger partial charge in [0, 0.05) is 38.4 Å². The average molecular weight is 369 g/mol. The molecule has 144 valence electrons. The predicted octanol–water partition coefficient (Wildman–Crippen LogP) is 2.79. The van der Waals surface area contributed by atoms with Crippen LogP contribution in [0.3, 0.4) is 0 Å². The van der Waals surface area contributed by atoms with Crippen LogP contribution >= 0.6 is 0 Å². The van der Waals surface area contributed by atoms with Crippen LogP contribution in [0, 0.1) is 12.8 Å². The molecule has 4 rings (SSSR count). The third-order valence-electron chi connectivity index (χ3n) is 5.55. The van der Waals surface area contributed by atoms with Crippen LogP contribution in [0.15, 0.2) is 34.9 Å². The minimum Gasteiger partial charge on any atom is -0.371 e. The van der Waals surface area contributed by atoms with Gasteiger partial charge in [0.2, 0.25) is 5.89 Å². The fourth-order valence-corrected chi connectivity index (χ4v) is 4.06. The molecule has 2 aromatic rings. The molecule has 0 spiro atoms. The van der Waals surface area contributed by atoms with E-state index in [-0.39, 0.29) is 11.9 Å². The van der Waals surface area contributed by atoms with E-state index in [1.807, 2.05) is 17.9 Å². The molecule has 2 aliphatic heterocycles. The molecule has 0 saturated carbocycles. The van der Waals surface area contributed by atoms with Crippen LogP contribution in [-0.4, -0.2) is 53.8 Å². The maximum Gasteiger partial charge on any atom is 0.317 e. The molecule has 2 amide bonds. The van der Waals surface area contributed by atoms with Crippen molar-refractivity contribution in [2.75, 3.05) is 37.6 Å². The fraction of sp³-hybridized carbons (Fsp3) is 0.550. The number of piperidine rings is 1. The molecule has 7 heteroatoms. The Morgan fingerprint density at radius 3 is 2.85 bits per heavy atom. The van der Waals surface area contributed by atoms with Crippen LogP contribution in [0.25, 0.3) is 0 Å². The van der Waals surface area contributed by atoms with Crippen molar-refractivity contribution in [3.05, 3.63) is 42.0 Å². The zero-order valence-electron chi connectivity index (χ0n) is 15.8. The number of para-hydroxylation sites is 1. The summed E-state index contributed by atoms with van der Waals surface area (Å²) in [6, 6.07) is 10.5. The highest BCUT2D eigenvalue weighted by atomic mass is 16.5. The van der Waals surface area contributed by atoms with Gasteiger partial charge in [0.15, 0.2) is 5.82 Å². The van der Waals surface area contributed by atoms with Gasteiger partial charge < -0.3 is 19.6 Å². The number of carbonyl (C=O) groups excluding carboxylic acids is 1. The summed E-state index contributed by atoms with van der Waals surface area (Å²) in [7, 11) is 0. The Balaban J connectivity index is 1.26. The molecule has 0 bridgehead atoms. The van der Waals surface area contributed by atoms with E-state index in [0.717, 1.165) is 45.4 Å². The van der Waals surface area contributed by atoms with Gasteiger partial charge in [-0.3, -0.25) is 0 Å². The first kappa shape index (κ1) is 17.8. The van der Waals surface area contributed by atoms with Crippen molar-refractivity contribution in [3.63, 3.8) is 0 Å². The molecule has 1 aromatic heterocycles. The van der Waals surface area contributed by atoms with Crippen LogP contribution in [0.2, 0.25) is 0 Å². The predicted molar refractivity (Wildman–Crippen MR) is 103 cm³/mol. The number of nitrogens with zero attached hydrogens (tertiary/aromatic N) is 4. The van der Waals surface area contributed by atoms with Crippen molar-refractivity contribution in [1.29, 1.82) is 0 Å². The van der Waals surface area contributed by atoms with Crippen LogP contribution < -0.4 is 10.2 Å². The number of aryl methyl sites for hydroxylation is 1. The summed E-state index contributed by atoms with van der Waals surface area (Å²) in [6.45, 7) is 6.02. The highest BCUT2D eigenvalue weighted by Gasteiger charge is 2.29. The van der Waals surface area contributed by atoms with E-state index in [2.05, 4.69) is 44.6 Å². The average Bonchev–Trinajstić information content (AvgIpc) is 3.36. The maximum atomic E-state index is 12.6. The third kappa shape index (κ3) is 4.23. The number of hydrogen-bond donors (Lipinski definition) is 1. The van der Waals surface area contributed by atoms with Gasteiger partial charge in [-0.1, -0.05) is 23.4 Å². The van der Waals surface area contributed by atoms with E-state index in [1.54, 1.807) is 0 Å². The zero-order valence-corrected chi connectivity index (χ0v) is 15.8. The Labute approximate surface area is 159 Å². The van der Waals surface area contributed by atoms with Crippen LogP contribution in [0.1, 0.15) is 36.9 Å². The van der Waals surface area contributed by atoms with Gasteiger partial charge in [-0.05, 0) is 44.2 Å². The second-order valence-corrected chi connectivity index (χ2v) is 7.59. The molecule has 2 saturated heterocycles. The van der Waals surface area contributed by atoms with Gasteiger partial charge in [0.1, 0.15) is 0 Å². The number of amides is 2. The first-order valence-electron chi connectivity index (χ1n) is 9.82. The summed E-state index contributed by atoms with van der Waals surface area (Å²) in [6.07, 6.45) is 3.06. The van der Waals surface area contributed by atoms with Gasteiger partial charge in [-0.25, -0.2) is 4.79 Å². The zero-order chi connectivity index (χ0) is 18.6. The number of aromatic nitrogens is 2. The van der Waals surface area contributed by atoms with E-state index in [0.29, 0.717) is 24.2 Å². The maximum absolute atomic E-state index is 12.6. The molecule has 2 atom stereocenters.